The second-order valence-electron chi connectivity index (χ2n) is 6.43. The van der Waals surface area contributed by atoms with E-state index in [0.29, 0.717) is 6.42 Å². The van der Waals surface area contributed by atoms with Crippen molar-refractivity contribution < 1.29 is 41.0 Å². The Hall–Kier alpha value is -1.25. The molecule has 27 heavy (non-hydrogen) atoms. The number of ether oxygens (including phenoxy) is 1. The van der Waals surface area contributed by atoms with E-state index in [1.54, 1.807) is 0 Å². The summed E-state index contributed by atoms with van der Waals surface area (Å²) in [5.41, 5.74) is -5.74. The predicted octanol–water partition coefficient (Wildman–Crippen LogP) is 5.23. The molecule has 0 rings (SSSR count). The number of unbranched alkanes of at least 4 members (excludes halogenated alkanes) is 10. The summed E-state index contributed by atoms with van der Waals surface area (Å²) < 4.78 is 78.2. The summed E-state index contributed by atoms with van der Waals surface area (Å²) >= 11 is 0. The monoisotopic (exact) mass is 405 g/mol. The molecule has 0 aliphatic rings. The zero-order chi connectivity index (χ0) is 21.0. The molecule has 0 radical (unpaired) electrons. The Morgan fingerprint density at radius 3 is 1.52 bits per heavy atom. The number of alkyl halides is 6. The van der Waals surface area contributed by atoms with E-state index in [0.717, 1.165) is 57.8 Å². The molecule has 0 saturated carbocycles. The Morgan fingerprint density at radius 1 is 0.778 bits per heavy atom. The molecule has 0 aliphatic heterocycles. The average molecular weight is 405 g/mol. The summed E-state index contributed by atoms with van der Waals surface area (Å²) in [6.07, 6.45) is -0.862. The highest BCUT2D eigenvalue weighted by molar-refractivity contribution is 5.81. The van der Waals surface area contributed by atoms with Crippen molar-refractivity contribution >= 4 is 5.97 Å². The Balaban J connectivity index is 3.86. The number of esters is 1. The molecule has 160 valence electrons. The lowest BCUT2D eigenvalue weighted by molar-refractivity contribution is -0.574. The first-order chi connectivity index (χ1) is 12.5. The highest BCUT2D eigenvalue weighted by Gasteiger charge is 2.68. The van der Waals surface area contributed by atoms with Gasteiger partial charge < -0.3 is 9.84 Å². The van der Waals surface area contributed by atoms with Crippen LogP contribution in [0.3, 0.4) is 0 Å². The van der Waals surface area contributed by atoms with Crippen LogP contribution in [0.1, 0.15) is 70.6 Å². The maximum absolute atomic E-state index is 12.4. The van der Waals surface area contributed by atoms with Gasteiger partial charge in [-0.05, 0) is 19.3 Å². The molecule has 0 unspecified atom stereocenters. The van der Waals surface area contributed by atoms with E-state index >= 15 is 0 Å². The van der Waals surface area contributed by atoms with E-state index in [9.17, 15) is 36.2 Å². The maximum atomic E-state index is 12.4. The largest absolute Gasteiger partial charge is 0.828 e. The standard InChI is InChI=1S/C18H27F6O3/c1-2-3-4-5-6-7-8-9-10-11-12-13-14-27-15(25)16(26,17(19,20)21)18(22,23)24/h2H,1,3-14H2/q-1. The Labute approximate surface area is 155 Å². The first-order valence-corrected chi connectivity index (χ1v) is 9.10. The first-order valence-electron chi connectivity index (χ1n) is 9.10. The fraction of sp³-hybridized carbons (Fsp3) is 0.833. The maximum Gasteiger partial charge on any atom is 0.399 e. The van der Waals surface area contributed by atoms with Crippen LogP contribution in [-0.4, -0.2) is 30.5 Å². The van der Waals surface area contributed by atoms with Gasteiger partial charge >= 0.3 is 18.3 Å². The zero-order valence-electron chi connectivity index (χ0n) is 15.3. The molecular weight excluding hydrogens is 378 g/mol. The van der Waals surface area contributed by atoms with Crippen LogP contribution >= 0.6 is 0 Å². The van der Waals surface area contributed by atoms with Crippen molar-refractivity contribution in [3.05, 3.63) is 12.7 Å². The van der Waals surface area contributed by atoms with Crippen molar-refractivity contribution in [1.29, 1.82) is 0 Å². The van der Waals surface area contributed by atoms with E-state index in [1.807, 2.05) is 6.08 Å². The second-order valence-corrected chi connectivity index (χ2v) is 6.43. The summed E-state index contributed by atoms with van der Waals surface area (Å²) in [6, 6.07) is 0. The number of rotatable bonds is 14. The van der Waals surface area contributed by atoms with Gasteiger partial charge in [0.15, 0.2) is 5.60 Å². The highest BCUT2D eigenvalue weighted by atomic mass is 19.4. The van der Waals surface area contributed by atoms with E-state index < -0.39 is 30.5 Å². The number of carbonyl (C=O) groups is 1. The van der Waals surface area contributed by atoms with Gasteiger partial charge in [-0.15, -0.1) is 6.58 Å². The molecule has 0 heterocycles. The van der Waals surface area contributed by atoms with Gasteiger partial charge in [0.25, 0.3) is 0 Å². The highest BCUT2D eigenvalue weighted by Crippen LogP contribution is 2.41. The summed E-state index contributed by atoms with van der Waals surface area (Å²) in [7, 11) is 0. The fourth-order valence-corrected chi connectivity index (χ4v) is 2.46. The quantitative estimate of drug-likeness (QED) is 0.172. The number of hydrogen-bond donors (Lipinski definition) is 0. The Kier molecular flexibility index (Phi) is 11.7. The first kappa shape index (κ1) is 25.8. The third-order valence-electron chi connectivity index (χ3n) is 4.12. The van der Waals surface area contributed by atoms with Gasteiger partial charge in [0, 0.05) is 0 Å². The number of carbonyl (C=O) groups excluding carboxylic acids is 1. The van der Waals surface area contributed by atoms with Crippen molar-refractivity contribution in [3.63, 3.8) is 0 Å². The average Bonchev–Trinajstić information content (AvgIpc) is 2.56. The molecule has 0 aromatic heterocycles. The van der Waals surface area contributed by atoms with E-state index in [-0.39, 0.29) is 6.42 Å². The number of allylic oxidation sites excluding steroid dienone is 1. The SMILES string of the molecule is C=CCCCCCCCCCCCCOC(=O)C([O-])(C(F)(F)F)C(F)(F)F. The van der Waals surface area contributed by atoms with Gasteiger partial charge in [0.1, 0.15) is 0 Å². The van der Waals surface area contributed by atoms with Crippen LogP contribution in [0.15, 0.2) is 12.7 Å². The van der Waals surface area contributed by atoms with Gasteiger partial charge in [-0.3, -0.25) is 4.79 Å². The Morgan fingerprint density at radius 2 is 1.15 bits per heavy atom. The van der Waals surface area contributed by atoms with Gasteiger partial charge in [-0.25, -0.2) is 0 Å². The molecule has 0 aliphatic carbocycles. The van der Waals surface area contributed by atoms with Gasteiger partial charge in [-0.2, -0.15) is 26.3 Å². The van der Waals surface area contributed by atoms with Gasteiger partial charge in [0.2, 0.25) is 0 Å². The lowest BCUT2D eigenvalue weighted by Gasteiger charge is -2.40. The van der Waals surface area contributed by atoms with Gasteiger partial charge in [0.05, 0.1) is 6.61 Å². The van der Waals surface area contributed by atoms with Crippen molar-refractivity contribution in [2.24, 2.45) is 0 Å². The van der Waals surface area contributed by atoms with Crippen LogP contribution < -0.4 is 5.11 Å². The fourth-order valence-electron chi connectivity index (χ4n) is 2.46. The Bertz CT molecular complexity index is 418. The van der Waals surface area contributed by atoms with Crippen molar-refractivity contribution in [2.45, 2.75) is 88.6 Å². The van der Waals surface area contributed by atoms with Crippen LogP contribution in [-0.2, 0) is 9.53 Å². The van der Waals surface area contributed by atoms with Gasteiger partial charge in [-0.1, -0.05) is 57.4 Å². The molecule has 0 bridgehead atoms. The lowest BCUT2D eigenvalue weighted by atomic mass is 10.0. The molecule has 0 aromatic rings. The summed E-state index contributed by atoms with van der Waals surface area (Å²) in [6.45, 7) is 3.01. The minimum Gasteiger partial charge on any atom is -0.828 e. The minimum atomic E-state index is -6.31. The number of halogens is 6. The molecule has 0 fully saturated rings. The topological polar surface area (TPSA) is 49.4 Å². The van der Waals surface area contributed by atoms with E-state index in [2.05, 4.69) is 11.3 Å². The van der Waals surface area contributed by atoms with E-state index in [1.165, 1.54) is 0 Å². The minimum absolute atomic E-state index is 0.110. The molecule has 3 nitrogen and oxygen atoms in total. The van der Waals surface area contributed by atoms with Crippen molar-refractivity contribution in [2.75, 3.05) is 6.61 Å². The summed E-state index contributed by atoms with van der Waals surface area (Å²) in [5.74, 6) is -2.85. The molecular formula is C18H27F6O3-. The normalized spacial score (nSPS) is 12.9. The van der Waals surface area contributed by atoms with E-state index in [4.69, 9.17) is 0 Å². The zero-order valence-corrected chi connectivity index (χ0v) is 15.3. The number of hydrogen-bond acceptors (Lipinski definition) is 3. The predicted molar refractivity (Wildman–Crippen MR) is 86.8 cm³/mol. The molecule has 0 atom stereocenters. The molecule has 0 amide bonds. The summed E-state index contributed by atoms with van der Waals surface area (Å²) in [4.78, 5) is 11.1. The van der Waals surface area contributed by atoms with Crippen molar-refractivity contribution in [1.82, 2.24) is 0 Å². The molecule has 9 heteroatoms. The summed E-state index contributed by atoms with van der Waals surface area (Å²) in [5, 5.41) is 11.1. The van der Waals surface area contributed by atoms with Crippen LogP contribution in [0.25, 0.3) is 0 Å². The third kappa shape index (κ3) is 8.99. The smallest absolute Gasteiger partial charge is 0.399 e. The lowest BCUT2D eigenvalue weighted by Crippen LogP contribution is -2.71. The molecule has 0 aromatic carbocycles. The second kappa shape index (κ2) is 12.3. The van der Waals surface area contributed by atoms with Crippen LogP contribution in [0, 0.1) is 0 Å². The van der Waals surface area contributed by atoms with Crippen molar-refractivity contribution in [3.8, 4) is 0 Å². The molecule has 0 saturated heterocycles. The van der Waals surface area contributed by atoms with Crippen LogP contribution in [0.4, 0.5) is 26.3 Å². The third-order valence-corrected chi connectivity index (χ3v) is 4.12. The van der Waals surface area contributed by atoms with Crippen LogP contribution in [0.5, 0.6) is 0 Å². The molecule has 0 N–H and O–H groups in total. The molecule has 0 spiro atoms. The van der Waals surface area contributed by atoms with Crippen LogP contribution in [0.2, 0.25) is 0 Å².